The summed E-state index contributed by atoms with van der Waals surface area (Å²) in [7, 11) is -3.83. The van der Waals surface area contributed by atoms with Gasteiger partial charge < -0.3 is 5.11 Å². The maximum Gasteiger partial charge on any atom is 0.420 e. The highest BCUT2D eigenvalue weighted by atomic mass is 32.2. The van der Waals surface area contributed by atoms with Gasteiger partial charge in [-0.3, -0.25) is 4.57 Å². The van der Waals surface area contributed by atoms with Crippen molar-refractivity contribution in [2.75, 3.05) is 0 Å². The zero-order chi connectivity index (χ0) is 21.1. The largest absolute Gasteiger partial charge is 0.464 e. The van der Waals surface area contributed by atoms with Gasteiger partial charge in [-0.05, 0) is 51.8 Å². The second kappa shape index (κ2) is 6.51. The monoisotopic (exact) mass is 436 g/mol. The number of aryl methyl sites for hydroxylation is 2. The van der Waals surface area contributed by atoms with E-state index in [-0.39, 0.29) is 17.0 Å². The summed E-state index contributed by atoms with van der Waals surface area (Å²) in [5, 5.41) is 10.4. The fourth-order valence-electron chi connectivity index (χ4n) is 3.28. The molecule has 2 heterocycles. The second-order valence-electron chi connectivity index (χ2n) is 7.54. The second-order valence-corrected chi connectivity index (χ2v) is 10.5. The normalized spacial score (nSPS) is 15.7. The first kappa shape index (κ1) is 19.8. The fourth-order valence-corrected chi connectivity index (χ4v) is 5.69. The molecule has 0 spiro atoms. The minimum atomic E-state index is -3.83. The van der Waals surface area contributed by atoms with E-state index in [0.29, 0.717) is 10.1 Å². The number of aromatic nitrogens is 3. The van der Waals surface area contributed by atoms with Crippen molar-refractivity contribution in [3.8, 4) is 0 Å². The molecule has 9 nitrogen and oxygen atoms in total. The highest BCUT2D eigenvalue weighted by Gasteiger charge is 2.41. The summed E-state index contributed by atoms with van der Waals surface area (Å²) in [6.45, 7) is 5.66. The van der Waals surface area contributed by atoms with Crippen LogP contribution in [0.4, 0.5) is 4.79 Å². The number of nitrogens with one attached hydrogen (secondary N) is 1. The Hall–Kier alpha value is -2.50. The van der Waals surface area contributed by atoms with Crippen molar-refractivity contribution >= 4 is 38.5 Å². The van der Waals surface area contributed by atoms with E-state index in [1.165, 1.54) is 34.1 Å². The van der Waals surface area contributed by atoms with Crippen LogP contribution in [0.25, 0.3) is 11.0 Å². The average Bonchev–Trinajstić information content (AvgIpc) is 3.13. The van der Waals surface area contributed by atoms with Gasteiger partial charge >= 0.3 is 11.8 Å². The molecule has 0 unspecified atom stereocenters. The Balaban J connectivity index is 1.86. The quantitative estimate of drug-likeness (QED) is 0.632. The van der Waals surface area contributed by atoms with Crippen molar-refractivity contribution in [2.24, 2.45) is 0 Å². The van der Waals surface area contributed by atoms with Gasteiger partial charge in [-0.2, -0.15) is 4.57 Å². The van der Waals surface area contributed by atoms with E-state index >= 15 is 0 Å². The molecule has 2 N–H and O–H groups in total. The third kappa shape index (κ3) is 3.49. The van der Waals surface area contributed by atoms with Crippen LogP contribution >= 0.6 is 11.3 Å². The molecule has 11 heteroatoms. The van der Waals surface area contributed by atoms with Crippen LogP contribution in [-0.2, 0) is 16.6 Å². The van der Waals surface area contributed by atoms with Gasteiger partial charge in [-0.1, -0.05) is 0 Å². The van der Waals surface area contributed by atoms with Gasteiger partial charge in [0.25, 0.3) is 0 Å². The maximum atomic E-state index is 12.8. The zero-order valence-corrected chi connectivity index (χ0v) is 17.7. The lowest BCUT2D eigenvalue weighted by molar-refractivity contribution is 0.196. The van der Waals surface area contributed by atoms with Crippen molar-refractivity contribution in [3.63, 3.8) is 0 Å². The van der Waals surface area contributed by atoms with Gasteiger partial charge in [0.1, 0.15) is 0 Å². The Morgan fingerprint density at radius 2 is 2.00 bits per heavy atom. The van der Waals surface area contributed by atoms with Gasteiger partial charge in [0.2, 0.25) is 10.0 Å². The summed E-state index contributed by atoms with van der Waals surface area (Å²) in [4.78, 5) is 29.7. The summed E-state index contributed by atoms with van der Waals surface area (Å²) in [5.41, 5.74) is -0.0516. The number of nitrogens with zero attached hydrogens (tertiary/aromatic N) is 3. The van der Waals surface area contributed by atoms with Crippen LogP contribution in [-0.4, -0.2) is 39.3 Å². The molecule has 0 saturated heterocycles. The molecule has 3 aromatic rings. The summed E-state index contributed by atoms with van der Waals surface area (Å²) >= 11 is 1.43. The van der Waals surface area contributed by atoms with Gasteiger partial charge in [0, 0.05) is 10.4 Å². The molecule has 1 saturated carbocycles. The number of imidazole rings is 1. The van der Waals surface area contributed by atoms with E-state index in [1.54, 1.807) is 0 Å². The third-order valence-corrected chi connectivity index (χ3v) is 7.78. The van der Waals surface area contributed by atoms with Crippen LogP contribution < -0.4 is 10.4 Å². The number of sulfonamides is 1. The number of carbonyl (C=O) groups is 1. The number of carboxylic acid groups (broad SMARTS) is 1. The maximum absolute atomic E-state index is 12.8. The highest BCUT2D eigenvalue weighted by Crippen LogP contribution is 2.36. The molecule has 0 bridgehead atoms. The minimum absolute atomic E-state index is 0.0326. The first-order valence-electron chi connectivity index (χ1n) is 8.96. The van der Waals surface area contributed by atoms with Crippen LogP contribution in [0.3, 0.4) is 0 Å². The molecule has 1 aliphatic rings. The van der Waals surface area contributed by atoms with E-state index in [4.69, 9.17) is 0 Å². The van der Waals surface area contributed by atoms with Crippen molar-refractivity contribution in [3.05, 3.63) is 44.3 Å². The molecule has 1 aliphatic carbocycles. The molecule has 1 aromatic carbocycles. The summed E-state index contributed by atoms with van der Waals surface area (Å²) in [6.07, 6.45) is 0.0315. The number of fused-ring (bicyclic) bond motifs is 1. The van der Waals surface area contributed by atoms with E-state index in [9.17, 15) is 23.1 Å². The van der Waals surface area contributed by atoms with Gasteiger partial charge in [0.05, 0.1) is 33.2 Å². The lowest BCUT2D eigenvalue weighted by atomic mass is 10.3. The number of benzene rings is 1. The van der Waals surface area contributed by atoms with Gasteiger partial charge in [-0.25, -0.2) is 27.7 Å². The SMILES string of the molecule is Cc1nc(C)c(Cn2c(=O)n(C(=O)O)c3cc(S(=O)(=O)NC4(C)CC4)ccc32)s1. The molecule has 4 rings (SSSR count). The van der Waals surface area contributed by atoms with Crippen molar-refractivity contribution in [1.82, 2.24) is 18.8 Å². The van der Waals surface area contributed by atoms with Crippen LogP contribution in [0.1, 0.15) is 35.3 Å². The number of hydrogen-bond donors (Lipinski definition) is 2. The Bertz CT molecular complexity index is 1310. The van der Waals surface area contributed by atoms with Crippen LogP contribution in [0.5, 0.6) is 0 Å². The molecular formula is C18H20N4O5S2. The van der Waals surface area contributed by atoms with E-state index in [2.05, 4.69) is 9.71 Å². The predicted octanol–water partition coefficient (Wildman–Crippen LogP) is 2.28. The minimum Gasteiger partial charge on any atom is -0.464 e. The van der Waals surface area contributed by atoms with E-state index in [0.717, 1.165) is 28.4 Å². The molecule has 154 valence electrons. The van der Waals surface area contributed by atoms with Crippen molar-refractivity contribution in [2.45, 2.75) is 50.6 Å². The topological polar surface area (TPSA) is 123 Å². The number of hydrogen-bond acceptors (Lipinski definition) is 6. The van der Waals surface area contributed by atoms with Crippen LogP contribution in [0.15, 0.2) is 27.9 Å². The van der Waals surface area contributed by atoms with Crippen molar-refractivity contribution in [1.29, 1.82) is 0 Å². The zero-order valence-electron chi connectivity index (χ0n) is 16.1. The predicted molar refractivity (Wildman–Crippen MR) is 108 cm³/mol. The molecule has 0 radical (unpaired) electrons. The molecule has 29 heavy (non-hydrogen) atoms. The molecular weight excluding hydrogens is 416 g/mol. The molecule has 1 fully saturated rings. The number of thiazole rings is 1. The lowest BCUT2D eigenvalue weighted by Gasteiger charge is -2.12. The molecule has 0 atom stereocenters. The Morgan fingerprint density at radius 3 is 2.55 bits per heavy atom. The van der Waals surface area contributed by atoms with E-state index < -0.39 is 27.3 Å². The van der Waals surface area contributed by atoms with Gasteiger partial charge in [-0.15, -0.1) is 11.3 Å². The first-order valence-corrected chi connectivity index (χ1v) is 11.3. The third-order valence-electron chi connectivity index (χ3n) is 5.08. The Labute approximate surface area is 170 Å². The fraction of sp³-hybridized carbons (Fsp3) is 0.389. The Morgan fingerprint density at radius 1 is 1.31 bits per heavy atom. The van der Waals surface area contributed by atoms with Crippen LogP contribution in [0.2, 0.25) is 0 Å². The van der Waals surface area contributed by atoms with E-state index in [1.807, 2.05) is 20.8 Å². The highest BCUT2D eigenvalue weighted by molar-refractivity contribution is 7.89. The van der Waals surface area contributed by atoms with Gasteiger partial charge in [0.15, 0.2) is 0 Å². The molecule has 0 aliphatic heterocycles. The first-order chi connectivity index (χ1) is 13.5. The standard InChI is InChI=1S/C18H20N4O5S2/c1-10-15(28-11(2)19-10)9-21-13-5-4-12(29(26,27)20-18(3)6-7-18)8-14(13)22(16(21)23)17(24)25/h4-5,8,20H,6-7,9H2,1-3H3,(H,24,25). The molecule has 0 amide bonds. The summed E-state index contributed by atoms with van der Waals surface area (Å²) in [5.74, 6) is 0. The van der Waals surface area contributed by atoms with Crippen LogP contribution in [0, 0.1) is 13.8 Å². The summed E-state index contributed by atoms with van der Waals surface area (Å²) < 4.78 is 29.9. The summed E-state index contributed by atoms with van der Waals surface area (Å²) in [6, 6.07) is 4.10. The lowest BCUT2D eigenvalue weighted by Crippen LogP contribution is -2.34. The number of rotatable bonds is 5. The average molecular weight is 437 g/mol. The molecule has 2 aromatic heterocycles. The smallest absolute Gasteiger partial charge is 0.420 e. The van der Waals surface area contributed by atoms with Crippen molar-refractivity contribution < 1.29 is 18.3 Å². The Kier molecular flexibility index (Phi) is 4.44.